The van der Waals surface area contributed by atoms with Gasteiger partial charge in [0.05, 0.1) is 6.04 Å². The van der Waals surface area contributed by atoms with Gasteiger partial charge in [0.15, 0.2) is 5.82 Å². The lowest BCUT2D eigenvalue weighted by Crippen LogP contribution is -2.47. The lowest BCUT2D eigenvalue weighted by molar-refractivity contribution is 0.100. The molecule has 6 nitrogen and oxygen atoms in total. The topological polar surface area (TPSA) is 50.1 Å². The van der Waals surface area contributed by atoms with Crippen LogP contribution in [0.4, 0.5) is 0 Å². The first-order chi connectivity index (χ1) is 14.4. The Labute approximate surface area is 176 Å². The van der Waals surface area contributed by atoms with Crippen LogP contribution in [0.1, 0.15) is 54.0 Å². The average molecular weight is 409 g/mol. The van der Waals surface area contributed by atoms with Crippen molar-refractivity contribution in [3.63, 3.8) is 0 Å². The van der Waals surface area contributed by atoms with E-state index in [1.165, 1.54) is 36.1 Å². The molecule has 152 valence electrons. The monoisotopic (exact) mass is 408 g/mol. The second-order valence-corrected chi connectivity index (χ2v) is 9.11. The van der Waals surface area contributed by atoms with Gasteiger partial charge in [-0.3, -0.25) is 9.80 Å². The Hall–Kier alpha value is -2.09. The molecule has 3 heterocycles. The summed E-state index contributed by atoms with van der Waals surface area (Å²) >= 11 is 1.81. The van der Waals surface area contributed by atoms with E-state index in [9.17, 15) is 0 Å². The molecule has 1 unspecified atom stereocenters. The van der Waals surface area contributed by atoms with E-state index in [4.69, 9.17) is 0 Å². The Kier molecular flexibility index (Phi) is 5.69. The Morgan fingerprint density at radius 2 is 1.76 bits per heavy atom. The van der Waals surface area contributed by atoms with Gasteiger partial charge in [-0.2, -0.15) is 0 Å². The first kappa shape index (κ1) is 18.9. The van der Waals surface area contributed by atoms with Gasteiger partial charge in [0.25, 0.3) is 0 Å². The van der Waals surface area contributed by atoms with Gasteiger partial charge in [-0.05, 0) is 40.3 Å². The Balaban J connectivity index is 1.34. The molecular weight excluding hydrogens is 380 g/mol. The SMILES string of the molecule is c1ccc(CN2CCN(C(c3cccs3)c3nnnn3C3CCCC3)CC2)cc1. The van der Waals surface area contributed by atoms with Crippen molar-refractivity contribution in [3.05, 3.63) is 64.1 Å². The van der Waals surface area contributed by atoms with Crippen LogP contribution in [0.25, 0.3) is 0 Å². The molecule has 0 spiro atoms. The highest BCUT2D eigenvalue weighted by Crippen LogP contribution is 2.35. The molecule has 0 bridgehead atoms. The number of nitrogens with zero attached hydrogens (tertiary/aromatic N) is 6. The summed E-state index contributed by atoms with van der Waals surface area (Å²) in [7, 11) is 0. The first-order valence-corrected chi connectivity index (χ1v) is 11.6. The van der Waals surface area contributed by atoms with Crippen LogP contribution in [0.3, 0.4) is 0 Å². The number of tetrazole rings is 1. The minimum Gasteiger partial charge on any atom is -0.297 e. The molecule has 2 aromatic heterocycles. The maximum Gasteiger partial charge on any atom is 0.174 e. The number of hydrogen-bond donors (Lipinski definition) is 0. The van der Waals surface area contributed by atoms with E-state index >= 15 is 0 Å². The summed E-state index contributed by atoms with van der Waals surface area (Å²) in [5.74, 6) is 1.02. The molecule has 0 amide bonds. The van der Waals surface area contributed by atoms with Gasteiger partial charge in [0.1, 0.15) is 6.04 Å². The van der Waals surface area contributed by atoms with Crippen molar-refractivity contribution in [2.75, 3.05) is 26.2 Å². The van der Waals surface area contributed by atoms with Gasteiger partial charge in [-0.25, -0.2) is 4.68 Å². The Bertz CT molecular complexity index is 879. The average Bonchev–Trinajstić information content (AvgIpc) is 3.53. The third-order valence-corrected chi connectivity index (χ3v) is 7.19. The van der Waals surface area contributed by atoms with Crippen molar-refractivity contribution < 1.29 is 0 Å². The summed E-state index contributed by atoms with van der Waals surface area (Å²) in [6, 6.07) is 15.8. The van der Waals surface area contributed by atoms with E-state index in [1.54, 1.807) is 0 Å². The Morgan fingerprint density at radius 3 is 2.48 bits per heavy atom. The molecule has 1 atom stereocenters. The Morgan fingerprint density at radius 1 is 0.966 bits per heavy atom. The molecule has 29 heavy (non-hydrogen) atoms. The maximum atomic E-state index is 4.53. The van der Waals surface area contributed by atoms with E-state index in [2.05, 4.69) is 77.9 Å². The largest absolute Gasteiger partial charge is 0.297 e. The van der Waals surface area contributed by atoms with Crippen LogP contribution < -0.4 is 0 Å². The van der Waals surface area contributed by atoms with Gasteiger partial charge in [0, 0.05) is 37.6 Å². The number of hydrogen-bond acceptors (Lipinski definition) is 6. The van der Waals surface area contributed by atoms with Crippen LogP contribution in [0.2, 0.25) is 0 Å². The fraction of sp³-hybridized carbons (Fsp3) is 0.500. The molecule has 0 radical (unpaired) electrons. The molecule has 2 fully saturated rings. The predicted molar refractivity (Wildman–Crippen MR) is 115 cm³/mol. The lowest BCUT2D eigenvalue weighted by atomic mass is 10.1. The summed E-state index contributed by atoms with van der Waals surface area (Å²) in [5.41, 5.74) is 1.39. The molecule has 1 aliphatic carbocycles. The zero-order chi connectivity index (χ0) is 19.5. The highest BCUT2D eigenvalue weighted by atomic mass is 32.1. The smallest absolute Gasteiger partial charge is 0.174 e. The molecule has 1 saturated carbocycles. The van der Waals surface area contributed by atoms with E-state index < -0.39 is 0 Å². The maximum absolute atomic E-state index is 4.53. The zero-order valence-electron chi connectivity index (χ0n) is 16.7. The highest BCUT2D eigenvalue weighted by Gasteiger charge is 2.33. The minimum atomic E-state index is 0.157. The fourth-order valence-corrected chi connectivity index (χ4v) is 5.58. The van der Waals surface area contributed by atoms with Gasteiger partial charge < -0.3 is 0 Å². The van der Waals surface area contributed by atoms with Crippen molar-refractivity contribution >= 4 is 11.3 Å². The molecular formula is C22H28N6S. The summed E-state index contributed by atoms with van der Waals surface area (Å²) in [5, 5.41) is 15.2. The first-order valence-electron chi connectivity index (χ1n) is 10.7. The molecule has 0 N–H and O–H groups in total. The van der Waals surface area contributed by atoms with Gasteiger partial charge >= 0.3 is 0 Å². The predicted octanol–water partition coefficient (Wildman–Crippen LogP) is 3.76. The number of benzene rings is 1. The van der Waals surface area contributed by atoms with Crippen LogP contribution in [0.5, 0.6) is 0 Å². The third kappa shape index (κ3) is 4.13. The van der Waals surface area contributed by atoms with E-state index in [0.717, 1.165) is 38.5 Å². The quantitative estimate of drug-likeness (QED) is 0.622. The summed E-state index contributed by atoms with van der Waals surface area (Å²) in [6.45, 7) is 5.24. The van der Waals surface area contributed by atoms with Gasteiger partial charge in [-0.15, -0.1) is 16.4 Å². The molecule has 5 rings (SSSR count). The summed E-state index contributed by atoms with van der Waals surface area (Å²) in [4.78, 5) is 6.47. The van der Waals surface area contributed by atoms with Crippen molar-refractivity contribution in [3.8, 4) is 0 Å². The van der Waals surface area contributed by atoms with Crippen molar-refractivity contribution in [1.29, 1.82) is 0 Å². The van der Waals surface area contributed by atoms with Gasteiger partial charge in [-0.1, -0.05) is 49.2 Å². The zero-order valence-corrected chi connectivity index (χ0v) is 17.5. The molecule has 1 aromatic carbocycles. The standard InChI is InChI=1S/C22H28N6S/c1-2-7-18(8-3-1)17-26-12-14-27(15-13-26)21(20-11-6-16-29-20)22-23-24-25-28(22)19-9-4-5-10-19/h1-3,6-8,11,16,19,21H,4-5,9-10,12-15,17H2. The third-order valence-electron chi connectivity index (χ3n) is 6.27. The number of thiophene rings is 1. The number of piperazine rings is 1. The van der Waals surface area contributed by atoms with Crippen LogP contribution in [0, 0.1) is 0 Å². The molecule has 2 aliphatic rings. The van der Waals surface area contributed by atoms with Crippen molar-refractivity contribution in [1.82, 2.24) is 30.0 Å². The lowest BCUT2D eigenvalue weighted by Gasteiger charge is -2.38. The molecule has 3 aromatic rings. The van der Waals surface area contributed by atoms with Crippen LogP contribution >= 0.6 is 11.3 Å². The molecule has 1 aliphatic heterocycles. The normalized spacial score (nSPS) is 20.3. The minimum absolute atomic E-state index is 0.157. The van der Waals surface area contributed by atoms with Crippen molar-refractivity contribution in [2.45, 2.75) is 44.3 Å². The second kappa shape index (κ2) is 8.73. The molecule has 1 saturated heterocycles. The summed E-state index contributed by atoms with van der Waals surface area (Å²) < 4.78 is 2.13. The van der Waals surface area contributed by atoms with Crippen LogP contribution in [-0.4, -0.2) is 56.2 Å². The van der Waals surface area contributed by atoms with E-state index in [1.807, 2.05) is 11.3 Å². The van der Waals surface area contributed by atoms with E-state index in [0.29, 0.717) is 6.04 Å². The fourth-order valence-electron chi connectivity index (χ4n) is 4.73. The van der Waals surface area contributed by atoms with Crippen LogP contribution in [0.15, 0.2) is 47.8 Å². The van der Waals surface area contributed by atoms with Crippen molar-refractivity contribution in [2.24, 2.45) is 0 Å². The van der Waals surface area contributed by atoms with E-state index in [-0.39, 0.29) is 6.04 Å². The molecule has 7 heteroatoms. The summed E-state index contributed by atoms with van der Waals surface area (Å²) in [6.07, 6.45) is 4.96. The highest BCUT2D eigenvalue weighted by molar-refractivity contribution is 7.10. The number of aromatic nitrogens is 4. The second-order valence-electron chi connectivity index (χ2n) is 8.14. The van der Waals surface area contributed by atoms with Crippen LogP contribution in [-0.2, 0) is 6.54 Å². The van der Waals surface area contributed by atoms with Gasteiger partial charge in [0.2, 0.25) is 0 Å². The number of rotatable bonds is 6.